The second-order valence-corrected chi connectivity index (χ2v) is 16.4. The van der Waals surface area contributed by atoms with Crippen molar-refractivity contribution in [2.75, 3.05) is 27.2 Å². The number of aryl methyl sites for hydroxylation is 1. The summed E-state index contributed by atoms with van der Waals surface area (Å²) in [7, 11) is 5.30. The summed E-state index contributed by atoms with van der Waals surface area (Å²) >= 11 is 0. The van der Waals surface area contributed by atoms with E-state index in [0.29, 0.717) is 0 Å². The number of carbonyl (C=O) groups excluding carboxylic acids is 6. The molecule has 1 aliphatic rings. The summed E-state index contributed by atoms with van der Waals surface area (Å²) in [5.74, 6) is -4.41. The number of rotatable bonds is 18. The number of aromatic nitrogens is 1. The van der Waals surface area contributed by atoms with E-state index in [-0.39, 0.29) is 42.8 Å². The van der Waals surface area contributed by atoms with Gasteiger partial charge in [0.2, 0.25) is 23.6 Å². The van der Waals surface area contributed by atoms with Crippen LogP contribution in [0.5, 0.6) is 0 Å². The Morgan fingerprint density at radius 2 is 1.54 bits per heavy atom. The number of carboxylic acid groups (broad SMARTS) is 1. The van der Waals surface area contributed by atoms with E-state index in [1.165, 1.54) is 11.8 Å². The van der Waals surface area contributed by atoms with Crippen molar-refractivity contribution in [1.82, 2.24) is 35.6 Å². The minimum atomic E-state index is -1.24. The van der Waals surface area contributed by atoms with Gasteiger partial charge in [0.15, 0.2) is 0 Å². The molecule has 1 aliphatic heterocycles. The molecular formula is C41H59N7O8. The van der Waals surface area contributed by atoms with E-state index in [1.807, 2.05) is 90.5 Å². The molecule has 0 saturated carbocycles. The Morgan fingerprint density at radius 3 is 2.09 bits per heavy atom. The summed E-state index contributed by atoms with van der Waals surface area (Å²) in [5, 5.41) is 21.7. The third kappa shape index (κ3) is 10.7. The number of likely N-dealkylation sites (N-methyl/N-ethyl adjacent to an activating group) is 2. The Kier molecular flexibility index (Phi) is 14.9. The van der Waals surface area contributed by atoms with E-state index in [4.69, 9.17) is 0 Å². The van der Waals surface area contributed by atoms with E-state index in [0.717, 1.165) is 33.5 Å². The molecule has 56 heavy (non-hydrogen) atoms. The van der Waals surface area contributed by atoms with Gasteiger partial charge >= 0.3 is 5.97 Å². The second kappa shape index (κ2) is 18.5. The van der Waals surface area contributed by atoms with E-state index in [9.17, 15) is 38.7 Å². The first-order valence-corrected chi connectivity index (χ1v) is 18.8. The largest absolute Gasteiger partial charge is 0.481 e. The Balaban J connectivity index is 1.80. The number of carbonyl (C=O) groups is 7. The van der Waals surface area contributed by atoms with Crippen molar-refractivity contribution in [2.45, 2.75) is 97.8 Å². The zero-order valence-corrected chi connectivity index (χ0v) is 34.5. The van der Waals surface area contributed by atoms with Gasteiger partial charge in [0.25, 0.3) is 11.8 Å². The highest BCUT2D eigenvalue weighted by atomic mass is 16.4. The number of nitrogens with one attached hydrogen (secondary N) is 4. The van der Waals surface area contributed by atoms with Gasteiger partial charge in [-0.25, -0.2) is 0 Å². The fourth-order valence-corrected chi connectivity index (χ4v) is 7.01. The van der Waals surface area contributed by atoms with Crippen LogP contribution in [0, 0.1) is 11.3 Å². The van der Waals surface area contributed by atoms with E-state index in [1.54, 1.807) is 20.2 Å². The summed E-state index contributed by atoms with van der Waals surface area (Å²) in [5.41, 5.74) is 0.799. The molecule has 1 aromatic heterocycles. The smallest absolute Gasteiger partial charge is 0.303 e. The van der Waals surface area contributed by atoms with Gasteiger partial charge in [-0.15, -0.1) is 0 Å². The average Bonchev–Trinajstić information content (AvgIpc) is 3.63. The van der Waals surface area contributed by atoms with Gasteiger partial charge < -0.3 is 35.8 Å². The predicted octanol–water partition coefficient (Wildman–Crippen LogP) is 2.39. The molecule has 0 radical (unpaired) electrons. The third-order valence-corrected chi connectivity index (χ3v) is 10.3. The molecular weight excluding hydrogens is 718 g/mol. The van der Waals surface area contributed by atoms with Gasteiger partial charge in [-0.2, -0.15) is 0 Å². The minimum absolute atomic E-state index is 0.0983. The number of carboxylic acids is 1. The molecule has 6 amide bonds. The fraction of sp³-hybridized carbons (Fsp3) is 0.537. The maximum absolute atomic E-state index is 14.4. The maximum Gasteiger partial charge on any atom is 0.303 e. The molecule has 15 heteroatoms. The number of nitrogens with zero attached hydrogens (tertiary/aromatic N) is 3. The van der Waals surface area contributed by atoms with Gasteiger partial charge in [-0.05, 0) is 43.4 Å². The Hall–Kier alpha value is -5.31. The van der Waals surface area contributed by atoms with Crippen LogP contribution in [0.25, 0.3) is 10.9 Å². The first-order valence-electron chi connectivity index (χ1n) is 18.8. The lowest BCUT2D eigenvalue weighted by molar-refractivity contribution is -0.141. The maximum atomic E-state index is 14.4. The summed E-state index contributed by atoms with van der Waals surface area (Å²) in [6.07, 6.45) is 5.27. The molecule has 2 aromatic rings. The van der Waals surface area contributed by atoms with Gasteiger partial charge in [-0.1, -0.05) is 72.7 Å². The number of hydrogen-bond donors (Lipinski definition) is 5. The lowest BCUT2D eigenvalue weighted by atomic mass is 9.76. The van der Waals surface area contributed by atoms with Crippen LogP contribution in [0.4, 0.5) is 0 Å². The molecule has 0 bridgehead atoms. The van der Waals surface area contributed by atoms with Crippen molar-refractivity contribution in [3.05, 3.63) is 59.8 Å². The van der Waals surface area contributed by atoms with Crippen LogP contribution >= 0.6 is 0 Å². The van der Waals surface area contributed by atoms with Gasteiger partial charge in [0, 0.05) is 73.8 Å². The van der Waals surface area contributed by atoms with Crippen molar-refractivity contribution in [3.63, 3.8) is 0 Å². The molecule has 0 fully saturated rings. The first kappa shape index (κ1) is 45.1. The van der Waals surface area contributed by atoms with Crippen LogP contribution < -0.4 is 21.3 Å². The molecule has 0 spiro atoms. The van der Waals surface area contributed by atoms with Crippen molar-refractivity contribution in [3.8, 4) is 0 Å². The number of fused-ring (bicyclic) bond motifs is 1. The van der Waals surface area contributed by atoms with Gasteiger partial charge in [0.05, 0.1) is 12.1 Å². The van der Waals surface area contributed by atoms with Crippen LogP contribution in [0.2, 0.25) is 0 Å². The van der Waals surface area contributed by atoms with Crippen molar-refractivity contribution in [2.24, 2.45) is 18.4 Å². The normalized spacial score (nSPS) is 15.8. The SMILES string of the molecule is CN[C@H](C(=O)N[C@H](C(=O)N(C)[C@H](/C=C(\C)C(=O)NC(CCC(=O)O)C(=O)NCCN1C(=O)C=CC1=O)C(C)C)C(C)(C)C)C(C)(C)c1cn(C)c2ccccc12. The molecule has 4 atom stereocenters. The summed E-state index contributed by atoms with van der Waals surface area (Å²) in [6.45, 7) is 14.7. The molecule has 1 unspecified atom stereocenters. The standard InChI is InChI=1S/C41H59N7O8/c1-24(2)30(22-25(3)36(53)44-28(16-19-33(51)52)37(54)43-20-21-48-31(49)17-18-32(48)50)47(11)39(56)35(40(4,5)6)45-38(55)34(42-9)41(7,8)27-23-46(10)29-15-13-12-14-26(27)29/h12-15,17-18,22-24,28,30,34-35,42H,16,19-21H2,1-11H3,(H,43,54)(H,44,53)(H,45,55)(H,51,52)/b25-22+/t28?,30-,34-,35-/m1/s1. The molecule has 0 saturated heterocycles. The number of para-hydroxylation sites is 1. The molecule has 2 heterocycles. The van der Waals surface area contributed by atoms with Crippen molar-refractivity contribution >= 4 is 52.3 Å². The Bertz CT molecular complexity index is 1870. The topological polar surface area (TPSA) is 199 Å². The van der Waals surface area contributed by atoms with Crippen LogP contribution in [-0.4, -0.2) is 112 Å². The molecule has 5 N–H and O–H groups in total. The predicted molar refractivity (Wildman–Crippen MR) is 213 cm³/mol. The van der Waals surface area contributed by atoms with Crippen molar-refractivity contribution in [1.29, 1.82) is 0 Å². The molecule has 306 valence electrons. The summed E-state index contributed by atoms with van der Waals surface area (Å²) < 4.78 is 2.03. The Morgan fingerprint density at radius 1 is 0.929 bits per heavy atom. The highest BCUT2D eigenvalue weighted by Gasteiger charge is 2.42. The number of hydrogen-bond acceptors (Lipinski definition) is 8. The van der Waals surface area contributed by atoms with Crippen LogP contribution in [0.15, 0.2) is 54.3 Å². The molecule has 15 nitrogen and oxygen atoms in total. The Labute approximate surface area is 329 Å². The summed E-state index contributed by atoms with van der Waals surface area (Å²) in [6, 6.07) is 4.48. The van der Waals surface area contributed by atoms with Crippen LogP contribution in [0.1, 0.15) is 73.8 Å². The zero-order valence-electron chi connectivity index (χ0n) is 34.5. The average molecular weight is 778 g/mol. The van der Waals surface area contributed by atoms with E-state index < -0.39 is 71.0 Å². The lowest BCUT2D eigenvalue weighted by Crippen LogP contribution is -2.61. The highest BCUT2D eigenvalue weighted by Crippen LogP contribution is 2.35. The monoisotopic (exact) mass is 777 g/mol. The number of benzene rings is 1. The van der Waals surface area contributed by atoms with Crippen molar-refractivity contribution < 1.29 is 38.7 Å². The second-order valence-electron chi connectivity index (χ2n) is 16.4. The number of imide groups is 1. The fourth-order valence-electron chi connectivity index (χ4n) is 7.01. The van der Waals surface area contributed by atoms with Crippen LogP contribution in [0.3, 0.4) is 0 Å². The highest BCUT2D eigenvalue weighted by molar-refractivity contribution is 6.12. The lowest BCUT2D eigenvalue weighted by Gasteiger charge is -2.39. The zero-order chi connectivity index (χ0) is 42.3. The quantitative estimate of drug-likeness (QED) is 0.111. The molecule has 1 aromatic carbocycles. The third-order valence-electron chi connectivity index (χ3n) is 10.3. The summed E-state index contributed by atoms with van der Waals surface area (Å²) in [4.78, 5) is 92.6. The molecule has 0 aliphatic carbocycles. The number of aliphatic carboxylic acids is 1. The molecule has 3 rings (SSSR count). The van der Waals surface area contributed by atoms with E-state index in [2.05, 4.69) is 21.3 Å². The van der Waals surface area contributed by atoms with Gasteiger partial charge in [0.1, 0.15) is 12.1 Å². The van der Waals surface area contributed by atoms with Gasteiger partial charge in [-0.3, -0.25) is 38.5 Å². The van der Waals surface area contributed by atoms with E-state index >= 15 is 0 Å². The van der Waals surface area contributed by atoms with Crippen LogP contribution in [-0.2, 0) is 46.0 Å². The minimum Gasteiger partial charge on any atom is -0.481 e. The first-order chi connectivity index (χ1) is 26.0. The number of amides is 6.